The van der Waals surface area contributed by atoms with Crippen LogP contribution in [0.1, 0.15) is 24.8 Å². The van der Waals surface area contributed by atoms with Gasteiger partial charge in [0, 0.05) is 38.2 Å². The average molecular weight is 332 g/mol. The van der Waals surface area contributed by atoms with Gasteiger partial charge in [-0.15, -0.1) is 0 Å². The van der Waals surface area contributed by atoms with Crippen molar-refractivity contribution in [2.45, 2.75) is 30.7 Å². The predicted octanol–water partition coefficient (Wildman–Crippen LogP) is 2.26. The smallest absolute Gasteiger partial charge is 0.244 e. The third kappa shape index (κ3) is 3.86. The van der Waals surface area contributed by atoms with Gasteiger partial charge in [-0.05, 0) is 36.6 Å². The molecule has 0 unspecified atom stereocenters. The molecule has 0 radical (unpaired) electrons. The minimum atomic E-state index is -3.41. The highest BCUT2D eigenvalue weighted by molar-refractivity contribution is 7.89. The van der Waals surface area contributed by atoms with Crippen molar-refractivity contribution in [2.24, 2.45) is 0 Å². The van der Waals surface area contributed by atoms with E-state index in [1.165, 1.54) is 6.20 Å². The number of rotatable bonds is 5. The van der Waals surface area contributed by atoms with Gasteiger partial charge in [-0.2, -0.15) is 4.31 Å². The Morgan fingerprint density at radius 2 is 1.91 bits per heavy atom. The van der Waals surface area contributed by atoms with Crippen LogP contribution in [0.2, 0.25) is 0 Å². The van der Waals surface area contributed by atoms with E-state index in [0.29, 0.717) is 25.5 Å². The number of nitrogens with zero attached hydrogens (tertiary/aromatic N) is 3. The Morgan fingerprint density at radius 3 is 2.57 bits per heavy atom. The lowest BCUT2D eigenvalue weighted by atomic mass is 10.2. The summed E-state index contributed by atoms with van der Waals surface area (Å²) in [6.45, 7) is 1.80. The molecule has 0 aliphatic carbocycles. The van der Waals surface area contributed by atoms with Crippen molar-refractivity contribution in [2.75, 3.05) is 18.4 Å². The Balaban J connectivity index is 1.66. The summed E-state index contributed by atoms with van der Waals surface area (Å²) in [6, 6.07) is 7.16. The van der Waals surface area contributed by atoms with Crippen molar-refractivity contribution in [3.63, 3.8) is 0 Å². The molecule has 0 atom stereocenters. The predicted molar refractivity (Wildman–Crippen MR) is 88.4 cm³/mol. The zero-order valence-electron chi connectivity index (χ0n) is 12.9. The lowest BCUT2D eigenvalue weighted by Crippen LogP contribution is -2.35. The van der Waals surface area contributed by atoms with Crippen LogP contribution in [0.5, 0.6) is 0 Å². The van der Waals surface area contributed by atoms with E-state index in [0.717, 1.165) is 24.8 Å². The van der Waals surface area contributed by atoms with Crippen LogP contribution < -0.4 is 5.32 Å². The van der Waals surface area contributed by atoms with Gasteiger partial charge in [-0.3, -0.25) is 4.98 Å². The van der Waals surface area contributed by atoms with E-state index in [4.69, 9.17) is 0 Å². The molecule has 6 nitrogen and oxygen atoms in total. The molecule has 0 spiro atoms. The van der Waals surface area contributed by atoms with E-state index >= 15 is 0 Å². The van der Waals surface area contributed by atoms with Crippen molar-refractivity contribution in [3.8, 4) is 0 Å². The summed E-state index contributed by atoms with van der Waals surface area (Å²) >= 11 is 0. The Labute approximate surface area is 136 Å². The number of nitrogens with one attached hydrogen (secondary N) is 1. The van der Waals surface area contributed by atoms with Crippen molar-refractivity contribution >= 4 is 15.8 Å². The molecule has 0 saturated carbocycles. The molecule has 0 bridgehead atoms. The molecule has 1 fully saturated rings. The number of sulfonamides is 1. The van der Waals surface area contributed by atoms with Gasteiger partial charge < -0.3 is 5.32 Å². The number of anilines is 1. The molecule has 122 valence electrons. The van der Waals surface area contributed by atoms with Gasteiger partial charge in [0.05, 0.1) is 0 Å². The Hall–Kier alpha value is -1.99. The number of piperidine rings is 1. The highest BCUT2D eigenvalue weighted by atomic mass is 32.2. The third-order valence-corrected chi connectivity index (χ3v) is 5.77. The van der Waals surface area contributed by atoms with E-state index in [2.05, 4.69) is 15.3 Å². The highest BCUT2D eigenvalue weighted by Crippen LogP contribution is 2.20. The molecule has 1 aliphatic heterocycles. The van der Waals surface area contributed by atoms with Crippen molar-refractivity contribution in [3.05, 3.63) is 48.4 Å². The monoisotopic (exact) mass is 332 g/mol. The molecule has 3 heterocycles. The normalized spacial score (nSPS) is 16.2. The molecule has 1 saturated heterocycles. The van der Waals surface area contributed by atoms with Gasteiger partial charge in [0.25, 0.3) is 0 Å². The van der Waals surface area contributed by atoms with Crippen molar-refractivity contribution < 1.29 is 8.42 Å². The SMILES string of the molecule is O=S(=O)(c1ccc(NCc2cccnc2)nc1)N1CCCCC1. The zero-order valence-corrected chi connectivity index (χ0v) is 13.7. The number of aromatic nitrogens is 2. The van der Waals surface area contributed by atoms with E-state index in [-0.39, 0.29) is 4.90 Å². The molecule has 1 aliphatic rings. The third-order valence-electron chi connectivity index (χ3n) is 3.89. The van der Waals surface area contributed by atoms with Gasteiger partial charge in [0.2, 0.25) is 10.0 Å². The van der Waals surface area contributed by atoms with Crippen LogP contribution >= 0.6 is 0 Å². The van der Waals surface area contributed by atoms with E-state index in [9.17, 15) is 8.42 Å². The summed E-state index contributed by atoms with van der Waals surface area (Å²) in [4.78, 5) is 8.52. The molecule has 2 aromatic rings. The quantitative estimate of drug-likeness (QED) is 0.909. The molecular formula is C16H20N4O2S. The summed E-state index contributed by atoms with van der Waals surface area (Å²) in [5.41, 5.74) is 1.04. The molecule has 2 aromatic heterocycles. The first-order chi connectivity index (χ1) is 11.2. The molecule has 7 heteroatoms. The molecular weight excluding hydrogens is 312 g/mol. The largest absolute Gasteiger partial charge is 0.366 e. The summed E-state index contributed by atoms with van der Waals surface area (Å²) in [5, 5.41) is 3.16. The van der Waals surface area contributed by atoms with Gasteiger partial charge in [-0.25, -0.2) is 13.4 Å². The number of pyridine rings is 2. The van der Waals surface area contributed by atoms with Crippen LogP contribution in [0.3, 0.4) is 0 Å². The number of hydrogen-bond donors (Lipinski definition) is 1. The lowest BCUT2D eigenvalue weighted by Gasteiger charge is -2.25. The second kappa shape index (κ2) is 7.06. The van der Waals surface area contributed by atoms with Crippen LogP contribution in [-0.4, -0.2) is 35.8 Å². The minimum Gasteiger partial charge on any atom is -0.366 e. The van der Waals surface area contributed by atoms with Gasteiger partial charge in [0.1, 0.15) is 10.7 Å². The maximum absolute atomic E-state index is 12.5. The fourth-order valence-corrected chi connectivity index (χ4v) is 4.05. The van der Waals surface area contributed by atoms with E-state index < -0.39 is 10.0 Å². The molecule has 0 aromatic carbocycles. The highest BCUT2D eigenvalue weighted by Gasteiger charge is 2.25. The average Bonchev–Trinajstić information content (AvgIpc) is 2.62. The topological polar surface area (TPSA) is 75.2 Å². The number of hydrogen-bond acceptors (Lipinski definition) is 5. The maximum Gasteiger partial charge on any atom is 0.244 e. The van der Waals surface area contributed by atoms with Gasteiger partial charge in [0.15, 0.2) is 0 Å². The summed E-state index contributed by atoms with van der Waals surface area (Å²) in [6.07, 6.45) is 7.88. The van der Waals surface area contributed by atoms with Crippen LogP contribution in [0, 0.1) is 0 Å². The van der Waals surface area contributed by atoms with Crippen LogP contribution in [0.15, 0.2) is 47.8 Å². The van der Waals surface area contributed by atoms with Gasteiger partial charge >= 0.3 is 0 Å². The van der Waals surface area contributed by atoms with Crippen molar-refractivity contribution in [1.29, 1.82) is 0 Å². The maximum atomic E-state index is 12.5. The first-order valence-corrected chi connectivity index (χ1v) is 9.19. The first-order valence-electron chi connectivity index (χ1n) is 7.75. The summed E-state index contributed by atoms with van der Waals surface area (Å²) in [5.74, 6) is 0.645. The second-order valence-corrected chi connectivity index (χ2v) is 7.50. The molecule has 3 rings (SSSR count). The van der Waals surface area contributed by atoms with E-state index in [1.807, 2.05) is 12.1 Å². The Bertz CT molecular complexity index is 726. The fourth-order valence-electron chi connectivity index (χ4n) is 2.59. The van der Waals surface area contributed by atoms with Crippen LogP contribution in [-0.2, 0) is 16.6 Å². The molecule has 23 heavy (non-hydrogen) atoms. The molecule has 1 N–H and O–H groups in total. The Morgan fingerprint density at radius 1 is 1.09 bits per heavy atom. The minimum absolute atomic E-state index is 0.256. The zero-order chi connectivity index (χ0) is 16.1. The standard InChI is InChI=1S/C16H20N4O2S/c21-23(22,20-9-2-1-3-10-20)15-6-7-16(19-13-15)18-12-14-5-4-8-17-11-14/h4-8,11,13H,1-3,9-10,12H2,(H,18,19). The van der Waals surface area contributed by atoms with Gasteiger partial charge in [-0.1, -0.05) is 12.5 Å². The first kappa shape index (κ1) is 15.9. The second-order valence-electron chi connectivity index (χ2n) is 5.56. The van der Waals surface area contributed by atoms with Crippen molar-refractivity contribution in [1.82, 2.24) is 14.3 Å². The lowest BCUT2D eigenvalue weighted by molar-refractivity contribution is 0.346. The Kier molecular flexibility index (Phi) is 4.88. The summed E-state index contributed by atoms with van der Waals surface area (Å²) < 4.78 is 26.6. The van der Waals surface area contributed by atoms with Crippen LogP contribution in [0.25, 0.3) is 0 Å². The molecule has 0 amide bonds. The summed E-state index contributed by atoms with van der Waals surface area (Å²) in [7, 11) is -3.41. The van der Waals surface area contributed by atoms with E-state index in [1.54, 1.807) is 28.8 Å². The fraction of sp³-hybridized carbons (Fsp3) is 0.375. The van der Waals surface area contributed by atoms with Crippen LogP contribution in [0.4, 0.5) is 5.82 Å².